The van der Waals surface area contributed by atoms with Crippen LogP contribution < -0.4 is 9.62 Å². The first-order valence-corrected chi connectivity index (χ1v) is 16.0. The van der Waals surface area contributed by atoms with E-state index in [1.165, 1.54) is 23.1 Å². The van der Waals surface area contributed by atoms with Gasteiger partial charge in [0.15, 0.2) is 0 Å². The van der Waals surface area contributed by atoms with Crippen LogP contribution in [0.25, 0.3) is 0 Å². The zero-order chi connectivity index (χ0) is 29.4. The van der Waals surface area contributed by atoms with E-state index in [1.54, 1.807) is 0 Å². The van der Waals surface area contributed by atoms with E-state index in [4.69, 9.17) is 23.2 Å². The molecule has 0 saturated heterocycles. The van der Waals surface area contributed by atoms with Crippen molar-refractivity contribution in [2.45, 2.75) is 32.9 Å². The van der Waals surface area contributed by atoms with Gasteiger partial charge in [0, 0.05) is 29.0 Å². The summed E-state index contributed by atoms with van der Waals surface area (Å²) in [6, 6.07) is 20.3. The van der Waals surface area contributed by atoms with Gasteiger partial charge in [0.05, 0.1) is 17.0 Å². The fourth-order valence-corrected chi connectivity index (χ4v) is 5.59. The molecule has 0 aromatic heterocycles. The van der Waals surface area contributed by atoms with E-state index < -0.39 is 28.5 Å². The van der Waals surface area contributed by atoms with E-state index in [0.29, 0.717) is 6.54 Å². The van der Waals surface area contributed by atoms with Crippen LogP contribution in [0.15, 0.2) is 77.3 Å². The Kier molecular flexibility index (Phi) is 11.5. The normalized spacial score (nSPS) is 12.2. The predicted octanol–water partition coefficient (Wildman–Crippen LogP) is 5.93. The zero-order valence-electron chi connectivity index (χ0n) is 22.5. The number of benzene rings is 3. The number of carbonyl (C=O) groups excluding carboxylic acids is 2. The standard InChI is InChI=1S/C29H32BrCl2N3O4S/c1-20(2)17-33-29(37)27(15-21-7-5-4-6-8-21)34(18-22-9-11-23(30)12-10-22)28(36)19-35(40(3,38)39)26-16-24(31)13-14-25(26)32/h4-14,16,20,27H,15,17-19H2,1-3H3,(H,33,37). The van der Waals surface area contributed by atoms with Gasteiger partial charge >= 0.3 is 0 Å². The zero-order valence-corrected chi connectivity index (χ0v) is 26.4. The smallest absolute Gasteiger partial charge is 0.244 e. The van der Waals surface area contributed by atoms with Gasteiger partial charge in [-0.2, -0.15) is 0 Å². The maximum absolute atomic E-state index is 14.1. The maximum atomic E-state index is 14.1. The van der Waals surface area contributed by atoms with Crippen molar-refractivity contribution in [3.63, 3.8) is 0 Å². The molecule has 0 spiro atoms. The number of halogens is 3. The molecule has 1 atom stereocenters. The number of anilines is 1. The lowest BCUT2D eigenvalue weighted by Crippen LogP contribution is -2.53. The molecule has 3 aromatic carbocycles. The van der Waals surface area contributed by atoms with Crippen LogP contribution in [-0.4, -0.2) is 50.5 Å². The fourth-order valence-electron chi connectivity index (χ4n) is 4.03. The highest BCUT2D eigenvalue weighted by Crippen LogP contribution is 2.31. The molecule has 3 aromatic rings. The van der Waals surface area contributed by atoms with Crippen LogP contribution >= 0.6 is 39.1 Å². The Balaban J connectivity index is 2.06. The highest BCUT2D eigenvalue weighted by Gasteiger charge is 2.33. The summed E-state index contributed by atoms with van der Waals surface area (Å²) in [5, 5.41) is 3.34. The van der Waals surface area contributed by atoms with Crippen molar-refractivity contribution < 1.29 is 18.0 Å². The molecule has 0 aliphatic carbocycles. The predicted molar refractivity (Wildman–Crippen MR) is 165 cm³/mol. The second-order valence-electron chi connectivity index (χ2n) is 9.86. The second kappa shape index (κ2) is 14.3. The van der Waals surface area contributed by atoms with E-state index >= 15 is 0 Å². The average molecular weight is 669 g/mol. The third-order valence-corrected chi connectivity index (χ3v) is 8.29. The summed E-state index contributed by atoms with van der Waals surface area (Å²) in [7, 11) is -3.95. The Morgan fingerprint density at radius 1 is 0.950 bits per heavy atom. The molecule has 0 radical (unpaired) electrons. The van der Waals surface area contributed by atoms with E-state index in [9.17, 15) is 18.0 Å². The molecule has 0 aliphatic rings. The molecule has 0 fully saturated rings. The monoisotopic (exact) mass is 667 g/mol. The first kappa shape index (κ1) is 31.9. The fraction of sp³-hybridized carbons (Fsp3) is 0.310. The molecule has 11 heteroatoms. The van der Waals surface area contributed by atoms with Crippen molar-refractivity contribution in [3.8, 4) is 0 Å². The number of nitrogens with zero attached hydrogens (tertiary/aromatic N) is 2. The minimum Gasteiger partial charge on any atom is -0.354 e. The Bertz CT molecular complexity index is 1420. The number of carbonyl (C=O) groups is 2. The van der Waals surface area contributed by atoms with Crippen molar-refractivity contribution in [1.82, 2.24) is 10.2 Å². The third-order valence-electron chi connectivity index (χ3n) is 6.08. The lowest BCUT2D eigenvalue weighted by Gasteiger charge is -2.34. The molecule has 40 heavy (non-hydrogen) atoms. The van der Waals surface area contributed by atoms with Crippen LogP contribution in [0.3, 0.4) is 0 Å². The van der Waals surface area contributed by atoms with Crippen molar-refractivity contribution in [1.29, 1.82) is 0 Å². The molecule has 0 bridgehead atoms. The van der Waals surface area contributed by atoms with Crippen LogP contribution in [-0.2, 0) is 32.6 Å². The lowest BCUT2D eigenvalue weighted by molar-refractivity contribution is -0.140. The van der Waals surface area contributed by atoms with Gasteiger partial charge in [0.1, 0.15) is 12.6 Å². The van der Waals surface area contributed by atoms with Crippen molar-refractivity contribution in [2.24, 2.45) is 5.92 Å². The first-order valence-electron chi connectivity index (χ1n) is 12.6. The summed E-state index contributed by atoms with van der Waals surface area (Å²) < 4.78 is 27.6. The Hall–Kier alpha value is -2.59. The highest BCUT2D eigenvalue weighted by atomic mass is 79.9. The number of hydrogen-bond donors (Lipinski definition) is 1. The van der Waals surface area contributed by atoms with Crippen LogP contribution in [0, 0.1) is 5.92 Å². The van der Waals surface area contributed by atoms with Crippen LogP contribution in [0.1, 0.15) is 25.0 Å². The van der Waals surface area contributed by atoms with Crippen molar-refractivity contribution in [3.05, 3.63) is 98.4 Å². The van der Waals surface area contributed by atoms with E-state index in [1.807, 2.05) is 68.4 Å². The molecular formula is C29H32BrCl2N3O4S. The van der Waals surface area contributed by atoms with Gasteiger partial charge in [-0.05, 0) is 47.4 Å². The van der Waals surface area contributed by atoms with Crippen LogP contribution in [0.5, 0.6) is 0 Å². The minimum absolute atomic E-state index is 0.0810. The van der Waals surface area contributed by atoms with E-state index in [-0.39, 0.29) is 40.5 Å². The molecule has 0 aliphatic heterocycles. The molecule has 1 unspecified atom stereocenters. The Morgan fingerprint density at radius 2 is 1.60 bits per heavy atom. The maximum Gasteiger partial charge on any atom is 0.244 e. The van der Waals surface area contributed by atoms with Gasteiger partial charge in [0.25, 0.3) is 0 Å². The second-order valence-corrected chi connectivity index (χ2v) is 13.5. The summed E-state index contributed by atoms with van der Waals surface area (Å²) in [6.45, 7) is 3.90. The molecule has 1 N–H and O–H groups in total. The average Bonchev–Trinajstić information content (AvgIpc) is 2.90. The molecule has 7 nitrogen and oxygen atoms in total. The Labute approximate surface area is 254 Å². The quantitative estimate of drug-likeness (QED) is 0.259. The summed E-state index contributed by atoms with van der Waals surface area (Å²) in [5.41, 5.74) is 1.72. The minimum atomic E-state index is -3.95. The number of amides is 2. The SMILES string of the molecule is CC(C)CNC(=O)C(Cc1ccccc1)N(Cc1ccc(Br)cc1)C(=O)CN(c1cc(Cl)ccc1Cl)S(C)(=O)=O. The van der Waals surface area contributed by atoms with Gasteiger partial charge in [-0.25, -0.2) is 8.42 Å². The van der Waals surface area contributed by atoms with Gasteiger partial charge < -0.3 is 10.2 Å². The van der Waals surface area contributed by atoms with E-state index in [0.717, 1.165) is 26.2 Å². The highest BCUT2D eigenvalue weighted by molar-refractivity contribution is 9.10. The van der Waals surface area contributed by atoms with E-state index in [2.05, 4.69) is 21.2 Å². The van der Waals surface area contributed by atoms with Gasteiger partial charge in [-0.3, -0.25) is 13.9 Å². The summed E-state index contributed by atoms with van der Waals surface area (Å²) in [6.07, 6.45) is 1.23. The molecule has 0 heterocycles. The Morgan fingerprint density at radius 3 is 2.20 bits per heavy atom. The largest absolute Gasteiger partial charge is 0.354 e. The first-order chi connectivity index (χ1) is 18.8. The number of sulfonamides is 1. The van der Waals surface area contributed by atoms with Gasteiger partial charge in [-0.1, -0.05) is 95.4 Å². The van der Waals surface area contributed by atoms with Crippen LogP contribution in [0.4, 0.5) is 5.69 Å². The molecule has 3 rings (SSSR count). The molecule has 0 saturated carbocycles. The van der Waals surface area contributed by atoms with Gasteiger partial charge in [0.2, 0.25) is 21.8 Å². The third kappa shape index (κ3) is 9.23. The van der Waals surface area contributed by atoms with Gasteiger partial charge in [-0.15, -0.1) is 0 Å². The van der Waals surface area contributed by atoms with Crippen LogP contribution in [0.2, 0.25) is 10.0 Å². The molecule has 2 amide bonds. The topological polar surface area (TPSA) is 86.8 Å². The number of hydrogen-bond acceptors (Lipinski definition) is 4. The number of rotatable bonds is 12. The molecular weight excluding hydrogens is 637 g/mol. The lowest BCUT2D eigenvalue weighted by atomic mass is 10.0. The van der Waals surface area contributed by atoms with Crippen molar-refractivity contribution >= 4 is 66.7 Å². The molecule has 214 valence electrons. The summed E-state index contributed by atoms with van der Waals surface area (Å²) >= 11 is 15.9. The van der Waals surface area contributed by atoms with Crippen molar-refractivity contribution in [2.75, 3.05) is 23.7 Å². The summed E-state index contributed by atoms with van der Waals surface area (Å²) in [4.78, 5) is 29.1. The number of nitrogens with one attached hydrogen (secondary N) is 1. The summed E-state index contributed by atoms with van der Waals surface area (Å²) in [5.74, 6) is -0.692.